The van der Waals surface area contributed by atoms with Crippen LogP contribution in [-0.4, -0.2) is 25.0 Å². The van der Waals surface area contributed by atoms with Crippen molar-refractivity contribution >= 4 is 25.7 Å². The second-order valence-corrected chi connectivity index (χ2v) is 4.20. The van der Waals surface area contributed by atoms with Crippen LogP contribution in [0.3, 0.4) is 0 Å². The number of halogens is 1. The summed E-state index contributed by atoms with van der Waals surface area (Å²) in [4.78, 5) is 6.35. The van der Waals surface area contributed by atoms with E-state index in [-0.39, 0.29) is 0 Å². The molecule has 0 saturated carbocycles. The topological polar surface area (TPSA) is 15.6 Å². The largest absolute Gasteiger partial charge is 0.331 e. The third kappa shape index (κ3) is 3.27. The number of aliphatic imine (C=N–C) groups is 1. The van der Waals surface area contributed by atoms with E-state index in [0.717, 1.165) is 24.1 Å². The minimum Gasteiger partial charge on any atom is -0.331 e. The molecule has 2 nitrogen and oxygen atoms in total. The number of nitrogens with zero attached hydrogens (tertiary/aromatic N) is 2. The zero-order chi connectivity index (χ0) is 12.1. The van der Waals surface area contributed by atoms with Gasteiger partial charge in [-0.15, -0.1) is 0 Å². The van der Waals surface area contributed by atoms with Gasteiger partial charge in [-0.2, -0.15) is 0 Å². The van der Waals surface area contributed by atoms with E-state index < -0.39 is 0 Å². The van der Waals surface area contributed by atoms with Crippen LogP contribution >= 0.6 is 11.6 Å². The second-order valence-electron chi connectivity index (χ2n) is 3.71. The minimum atomic E-state index is 0.367. The molecule has 84 valence electrons. The lowest BCUT2D eigenvalue weighted by molar-refractivity contribution is 0.354. The lowest BCUT2D eigenvalue weighted by Gasteiger charge is -2.24. The number of rotatable bonds is 4. The third-order valence-electron chi connectivity index (χ3n) is 2.45. The van der Waals surface area contributed by atoms with Crippen LogP contribution < -0.4 is 0 Å². The van der Waals surface area contributed by atoms with Crippen LogP contribution in [0.15, 0.2) is 40.2 Å². The van der Waals surface area contributed by atoms with Gasteiger partial charge in [0.15, 0.2) is 0 Å². The van der Waals surface area contributed by atoms with Gasteiger partial charge < -0.3 is 4.90 Å². The van der Waals surface area contributed by atoms with E-state index in [1.165, 1.54) is 0 Å². The van der Waals surface area contributed by atoms with Gasteiger partial charge in [-0.05, 0) is 32.0 Å². The van der Waals surface area contributed by atoms with Gasteiger partial charge in [0, 0.05) is 17.3 Å². The molecule has 4 heteroatoms. The normalized spacial score (nSPS) is 21.7. The maximum absolute atomic E-state index is 5.84. The summed E-state index contributed by atoms with van der Waals surface area (Å²) in [5.74, 6) is 0.787. The van der Waals surface area contributed by atoms with Crippen LogP contribution in [-0.2, 0) is 0 Å². The molecular weight excluding hydrogens is 218 g/mol. The van der Waals surface area contributed by atoms with E-state index in [1.807, 2.05) is 13.1 Å². The zero-order valence-electron chi connectivity index (χ0n) is 9.78. The average molecular weight is 235 g/mol. The molecule has 1 rings (SSSR count). The molecular formula is C12H16BClN2. The molecule has 0 amide bonds. The highest BCUT2D eigenvalue weighted by Crippen LogP contribution is 2.27. The Balaban J connectivity index is 2.98. The molecule has 0 aromatic carbocycles. The summed E-state index contributed by atoms with van der Waals surface area (Å²) in [6.45, 7) is 7.66. The van der Waals surface area contributed by atoms with Crippen molar-refractivity contribution in [1.29, 1.82) is 0 Å². The summed E-state index contributed by atoms with van der Waals surface area (Å²) in [6.07, 6.45) is 7.30. The number of allylic oxidation sites excluding steroid dienone is 2. The van der Waals surface area contributed by atoms with Gasteiger partial charge in [-0.25, -0.2) is 4.99 Å². The Labute approximate surface area is 104 Å². The Hall–Kier alpha value is -0.955. The van der Waals surface area contributed by atoms with Crippen molar-refractivity contribution in [2.45, 2.75) is 32.7 Å². The van der Waals surface area contributed by atoms with E-state index in [4.69, 9.17) is 19.4 Å². The molecule has 0 spiro atoms. The Morgan fingerprint density at radius 1 is 1.81 bits per heavy atom. The highest BCUT2D eigenvalue weighted by atomic mass is 35.5. The van der Waals surface area contributed by atoms with E-state index in [0.29, 0.717) is 11.1 Å². The summed E-state index contributed by atoms with van der Waals surface area (Å²) < 4.78 is 0. The molecule has 0 aromatic heterocycles. The molecule has 1 heterocycles. The first-order valence-electron chi connectivity index (χ1n) is 5.37. The number of hydrogen-bond donors (Lipinski definition) is 0. The fourth-order valence-corrected chi connectivity index (χ4v) is 1.85. The van der Waals surface area contributed by atoms with E-state index in [2.05, 4.69) is 23.4 Å². The average Bonchev–Trinajstić information content (AvgIpc) is 2.58. The standard InChI is InChI=1S/C12H16BClN2/c1-4-11-7-10(13)8-16(11)12(15-5-2)6-9(3)14/h5-6,8,11H,3-4,7H2,1-2H3/b12-6+,15-5?. The van der Waals surface area contributed by atoms with Crippen molar-refractivity contribution in [3.63, 3.8) is 0 Å². The molecule has 1 aliphatic rings. The molecule has 0 aromatic rings. The fraction of sp³-hybridized carbons (Fsp3) is 0.417. The van der Waals surface area contributed by atoms with Gasteiger partial charge in [-0.3, -0.25) is 0 Å². The molecule has 1 atom stereocenters. The van der Waals surface area contributed by atoms with Gasteiger partial charge in [-0.1, -0.05) is 30.6 Å². The van der Waals surface area contributed by atoms with Crippen LogP contribution in [0.4, 0.5) is 0 Å². The van der Waals surface area contributed by atoms with Crippen LogP contribution in [0.25, 0.3) is 0 Å². The molecule has 16 heavy (non-hydrogen) atoms. The lowest BCUT2D eigenvalue weighted by Crippen LogP contribution is -2.24. The van der Waals surface area contributed by atoms with Gasteiger partial charge in [0.05, 0.1) is 0 Å². The van der Waals surface area contributed by atoms with Crippen LogP contribution in [0, 0.1) is 0 Å². The zero-order valence-corrected chi connectivity index (χ0v) is 10.5. The first-order chi connectivity index (χ1) is 7.58. The van der Waals surface area contributed by atoms with Gasteiger partial charge in [0.25, 0.3) is 0 Å². The molecule has 0 saturated heterocycles. The Kier molecular flexibility index (Phi) is 4.87. The lowest BCUT2D eigenvalue weighted by atomic mass is 9.92. The molecule has 0 bridgehead atoms. The SMILES string of the molecule is [B]C1=CN(/C(=C/C(=C)Cl)N=CC)C(CC)C1. The van der Waals surface area contributed by atoms with Crippen molar-refractivity contribution in [3.8, 4) is 0 Å². The maximum Gasteiger partial charge on any atom is 0.133 e. The van der Waals surface area contributed by atoms with Gasteiger partial charge >= 0.3 is 0 Å². The van der Waals surface area contributed by atoms with Crippen molar-refractivity contribution in [2.24, 2.45) is 4.99 Å². The summed E-state index contributed by atoms with van der Waals surface area (Å²) in [5.41, 5.74) is 0.879. The van der Waals surface area contributed by atoms with Crippen LogP contribution in [0.5, 0.6) is 0 Å². The molecule has 0 aliphatic carbocycles. The minimum absolute atomic E-state index is 0.367. The second kappa shape index (κ2) is 5.95. The Morgan fingerprint density at radius 2 is 2.50 bits per heavy atom. The molecule has 1 unspecified atom stereocenters. The third-order valence-corrected chi connectivity index (χ3v) is 2.56. The quantitative estimate of drug-likeness (QED) is 0.414. The van der Waals surface area contributed by atoms with Crippen molar-refractivity contribution in [3.05, 3.63) is 35.2 Å². The van der Waals surface area contributed by atoms with Crippen LogP contribution in [0.2, 0.25) is 0 Å². The monoisotopic (exact) mass is 234 g/mol. The molecule has 0 fully saturated rings. The maximum atomic E-state index is 5.84. The summed E-state index contributed by atoms with van der Waals surface area (Å²) in [5, 5.41) is 0.467. The van der Waals surface area contributed by atoms with Crippen molar-refractivity contribution in [1.82, 2.24) is 4.90 Å². The molecule has 0 N–H and O–H groups in total. The first kappa shape index (κ1) is 13.1. The van der Waals surface area contributed by atoms with E-state index in [9.17, 15) is 0 Å². The Bertz CT molecular complexity index is 358. The first-order valence-corrected chi connectivity index (χ1v) is 5.75. The highest BCUT2D eigenvalue weighted by Gasteiger charge is 2.22. The molecule has 2 radical (unpaired) electrons. The van der Waals surface area contributed by atoms with Crippen molar-refractivity contribution in [2.75, 3.05) is 0 Å². The van der Waals surface area contributed by atoms with Gasteiger partial charge in [0.2, 0.25) is 0 Å². The number of hydrogen-bond acceptors (Lipinski definition) is 2. The van der Waals surface area contributed by atoms with E-state index in [1.54, 1.807) is 12.3 Å². The summed E-state index contributed by atoms with van der Waals surface area (Å²) >= 11 is 5.79. The summed E-state index contributed by atoms with van der Waals surface area (Å²) in [7, 11) is 5.84. The Morgan fingerprint density at radius 3 is 3.00 bits per heavy atom. The predicted octanol–water partition coefficient (Wildman–Crippen LogP) is 3.17. The van der Waals surface area contributed by atoms with Crippen LogP contribution in [0.1, 0.15) is 26.7 Å². The van der Waals surface area contributed by atoms with Gasteiger partial charge in [0.1, 0.15) is 13.7 Å². The molecule has 1 aliphatic heterocycles. The smallest absolute Gasteiger partial charge is 0.133 e. The van der Waals surface area contributed by atoms with Crippen molar-refractivity contribution < 1.29 is 0 Å². The highest BCUT2D eigenvalue weighted by molar-refractivity contribution is 6.30. The predicted molar refractivity (Wildman–Crippen MR) is 71.6 cm³/mol. The van der Waals surface area contributed by atoms with E-state index >= 15 is 0 Å². The fourth-order valence-electron chi connectivity index (χ4n) is 1.75. The summed E-state index contributed by atoms with van der Waals surface area (Å²) in [6, 6.07) is 0.367.